The number of aromatic nitrogens is 3. The van der Waals surface area contributed by atoms with Gasteiger partial charge in [0.2, 0.25) is 12.4 Å². The second kappa shape index (κ2) is 7.31. The molecule has 1 aromatic heterocycles. The summed E-state index contributed by atoms with van der Waals surface area (Å²) in [6, 6.07) is 5.24. The van der Waals surface area contributed by atoms with E-state index in [-0.39, 0.29) is 0 Å². The molecule has 1 N–H and O–H groups in total. The van der Waals surface area contributed by atoms with Gasteiger partial charge in [-0.25, -0.2) is 0 Å². The molecular weight excluding hydrogens is 332 g/mol. The van der Waals surface area contributed by atoms with Crippen molar-refractivity contribution in [1.82, 2.24) is 20.1 Å². The maximum absolute atomic E-state index is 10.8. The van der Waals surface area contributed by atoms with Gasteiger partial charge in [0.25, 0.3) is 0 Å². The first-order valence-corrected chi connectivity index (χ1v) is 7.82. The molecule has 2 heterocycles. The molecule has 0 atom stereocenters. The average molecular weight is 349 g/mol. The molecule has 1 saturated heterocycles. The summed E-state index contributed by atoms with van der Waals surface area (Å²) >= 11 is 6.03. The van der Waals surface area contributed by atoms with E-state index in [1.165, 1.54) is 0 Å². The molecule has 0 unspecified atom stereocenters. The number of anilines is 3. The fourth-order valence-corrected chi connectivity index (χ4v) is 2.63. The zero-order valence-electron chi connectivity index (χ0n) is 13.1. The van der Waals surface area contributed by atoms with E-state index in [0.717, 1.165) is 6.41 Å². The molecule has 1 aliphatic rings. The van der Waals surface area contributed by atoms with E-state index < -0.39 is 0 Å². The minimum absolute atomic E-state index is 0.353. The lowest BCUT2D eigenvalue weighted by Crippen LogP contribution is -2.46. The lowest BCUT2D eigenvalue weighted by molar-refractivity contribution is -0.118. The first kappa shape index (κ1) is 16.3. The number of amides is 1. The molecule has 2 aromatic rings. The number of carbonyl (C=O) groups is 1. The molecular formula is C15H17ClN6O2. The van der Waals surface area contributed by atoms with Gasteiger partial charge in [-0.15, -0.1) is 5.10 Å². The third kappa shape index (κ3) is 3.65. The van der Waals surface area contributed by atoms with Crippen LogP contribution in [0.25, 0.3) is 0 Å². The Morgan fingerprint density at radius 3 is 2.79 bits per heavy atom. The Hall–Kier alpha value is -2.61. The van der Waals surface area contributed by atoms with Crippen LogP contribution in [0, 0.1) is 0 Å². The largest absolute Gasteiger partial charge is 0.495 e. The van der Waals surface area contributed by atoms with Gasteiger partial charge >= 0.3 is 0 Å². The molecule has 9 heteroatoms. The number of ether oxygens (including phenoxy) is 1. The van der Waals surface area contributed by atoms with Crippen molar-refractivity contribution in [3.8, 4) is 5.75 Å². The smallest absolute Gasteiger partial charge is 0.249 e. The molecule has 1 aromatic carbocycles. The van der Waals surface area contributed by atoms with Crippen LogP contribution < -0.4 is 15.0 Å². The fourth-order valence-electron chi connectivity index (χ4n) is 2.46. The Kier molecular flexibility index (Phi) is 4.95. The van der Waals surface area contributed by atoms with Crippen LogP contribution >= 0.6 is 11.6 Å². The predicted molar refractivity (Wildman–Crippen MR) is 91.0 cm³/mol. The highest BCUT2D eigenvalue weighted by atomic mass is 35.5. The molecule has 0 aliphatic carbocycles. The van der Waals surface area contributed by atoms with Crippen LogP contribution in [-0.2, 0) is 4.79 Å². The highest BCUT2D eigenvalue weighted by molar-refractivity contribution is 6.30. The minimum Gasteiger partial charge on any atom is -0.495 e. The Balaban J connectivity index is 1.76. The summed E-state index contributed by atoms with van der Waals surface area (Å²) in [5.41, 5.74) is 0.662. The summed E-state index contributed by atoms with van der Waals surface area (Å²) in [4.78, 5) is 19.1. The van der Waals surface area contributed by atoms with Gasteiger partial charge in [-0.1, -0.05) is 11.6 Å². The van der Waals surface area contributed by atoms with Crippen LogP contribution in [0.3, 0.4) is 0 Å². The summed E-state index contributed by atoms with van der Waals surface area (Å²) < 4.78 is 5.30. The third-order valence-corrected chi connectivity index (χ3v) is 3.98. The van der Waals surface area contributed by atoms with Crippen LogP contribution in [0.4, 0.5) is 17.5 Å². The fraction of sp³-hybridized carbons (Fsp3) is 0.333. The summed E-state index contributed by atoms with van der Waals surface area (Å²) in [5.74, 6) is 1.69. The molecule has 8 nitrogen and oxygen atoms in total. The van der Waals surface area contributed by atoms with E-state index in [1.54, 1.807) is 36.4 Å². The SMILES string of the molecule is COc1ccc(Cl)cc1Nc1nncc(N2CCN(C=O)CC2)n1. The number of rotatable bonds is 5. The first-order chi connectivity index (χ1) is 11.7. The summed E-state index contributed by atoms with van der Waals surface area (Å²) in [5, 5.41) is 11.7. The molecule has 126 valence electrons. The topological polar surface area (TPSA) is 83.5 Å². The third-order valence-electron chi connectivity index (χ3n) is 3.74. The molecule has 1 aliphatic heterocycles. The average Bonchev–Trinajstić information content (AvgIpc) is 2.62. The molecule has 0 radical (unpaired) electrons. The van der Waals surface area contributed by atoms with Crippen molar-refractivity contribution in [3.05, 3.63) is 29.4 Å². The first-order valence-electron chi connectivity index (χ1n) is 7.44. The van der Waals surface area contributed by atoms with Crippen molar-refractivity contribution in [1.29, 1.82) is 0 Å². The van der Waals surface area contributed by atoms with Crippen molar-refractivity contribution in [3.63, 3.8) is 0 Å². The number of carbonyl (C=O) groups excluding carboxylic acids is 1. The van der Waals surface area contributed by atoms with E-state index in [1.807, 2.05) is 0 Å². The van der Waals surface area contributed by atoms with Gasteiger partial charge in [0.1, 0.15) is 5.75 Å². The number of benzene rings is 1. The molecule has 0 spiro atoms. The quantitative estimate of drug-likeness (QED) is 0.821. The van der Waals surface area contributed by atoms with Gasteiger partial charge in [0.15, 0.2) is 5.82 Å². The maximum atomic E-state index is 10.8. The van der Waals surface area contributed by atoms with Gasteiger partial charge in [-0.05, 0) is 18.2 Å². The summed E-state index contributed by atoms with van der Waals surface area (Å²) in [6.45, 7) is 2.74. The lowest BCUT2D eigenvalue weighted by Gasteiger charge is -2.33. The highest BCUT2D eigenvalue weighted by Gasteiger charge is 2.18. The standard InChI is InChI=1S/C15H17ClN6O2/c1-24-13-3-2-11(16)8-12(13)18-15-19-14(9-17-20-15)22-6-4-21(10-23)5-7-22/h2-3,8-10H,4-7H2,1H3,(H,18,19,20). The van der Waals surface area contributed by atoms with Gasteiger partial charge in [-0.3, -0.25) is 4.79 Å². The Bertz CT molecular complexity index is 721. The van der Waals surface area contributed by atoms with Crippen molar-refractivity contribution >= 4 is 35.5 Å². The number of halogens is 1. The van der Waals surface area contributed by atoms with Gasteiger partial charge < -0.3 is 19.9 Å². The molecule has 0 bridgehead atoms. The second-order valence-corrected chi connectivity index (χ2v) is 5.67. The lowest BCUT2D eigenvalue weighted by atomic mass is 10.3. The normalized spacial score (nSPS) is 14.4. The van der Waals surface area contributed by atoms with E-state index in [9.17, 15) is 4.79 Å². The molecule has 24 heavy (non-hydrogen) atoms. The number of methoxy groups -OCH3 is 1. The highest BCUT2D eigenvalue weighted by Crippen LogP contribution is 2.29. The van der Waals surface area contributed by atoms with Gasteiger partial charge in [0, 0.05) is 31.2 Å². The van der Waals surface area contributed by atoms with Crippen LogP contribution in [0.5, 0.6) is 5.75 Å². The van der Waals surface area contributed by atoms with E-state index >= 15 is 0 Å². The van der Waals surface area contributed by atoms with Crippen LogP contribution in [-0.4, -0.2) is 59.8 Å². The Morgan fingerprint density at radius 1 is 1.29 bits per heavy atom. The monoisotopic (exact) mass is 348 g/mol. The van der Waals surface area contributed by atoms with Crippen molar-refractivity contribution in [2.24, 2.45) is 0 Å². The van der Waals surface area contributed by atoms with Crippen LogP contribution in [0.15, 0.2) is 24.4 Å². The van der Waals surface area contributed by atoms with Crippen molar-refractivity contribution in [2.75, 3.05) is 43.5 Å². The van der Waals surface area contributed by atoms with E-state index in [0.29, 0.717) is 54.4 Å². The number of nitrogens with one attached hydrogen (secondary N) is 1. The maximum Gasteiger partial charge on any atom is 0.249 e. The van der Waals surface area contributed by atoms with Gasteiger partial charge in [-0.2, -0.15) is 10.1 Å². The number of hydrogen-bond acceptors (Lipinski definition) is 7. The van der Waals surface area contributed by atoms with E-state index in [4.69, 9.17) is 16.3 Å². The number of piperazine rings is 1. The molecule has 1 fully saturated rings. The predicted octanol–water partition coefficient (Wildman–Crippen LogP) is 1.56. The summed E-state index contributed by atoms with van der Waals surface area (Å²) in [7, 11) is 1.58. The Morgan fingerprint density at radius 2 is 2.08 bits per heavy atom. The summed E-state index contributed by atoms with van der Waals surface area (Å²) in [6.07, 6.45) is 2.48. The second-order valence-electron chi connectivity index (χ2n) is 5.24. The van der Waals surface area contributed by atoms with E-state index in [2.05, 4.69) is 25.4 Å². The number of nitrogens with zero attached hydrogens (tertiary/aromatic N) is 5. The van der Waals surface area contributed by atoms with Crippen LogP contribution in [0.1, 0.15) is 0 Å². The Labute approximate surface area is 144 Å². The molecule has 0 saturated carbocycles. The zero-order valence-corrected chi connectivity index (χ0v) is 13.9. The minimum atomic E-state index is 0.353. The molecule has 3 rings (SSSR count). The van der Waals surface area contributed by atoms with Crippen molar-refractivity contribution in [2.45, 2.75) is 0 Å². The zero-order chi connectivity index (χ0) is 16.9. The van der Waals surface area contributed by atoms with Crippen molar-refractivity contribution < 1.29 is 9.53 Å². The van der Waals surface area contributed by atoms with Gasteiger partial charge in [0.05, 0.1) is 19.0 Å². The molecule has 1 amide bonds. The van der Waals surface area contributed by atoms with Crippen LogP contribution in [0.2, 0.25) is 5.02 Å². The number of hydrogen-bond donors (Lipinski definition) is 1.